The predicted molar refractivity (Wildman–Crippen MR) is 97.4 cm³/mol. The van der Waals surface area contributed by atoms with E-state index >= 15 is 0 Å². The van der Waals surface area contributed by atoms with Crippen molar-refractivity contribution in [2.24, 2.45) is 5.10 Å². The summed E-state index contributed by atoms with van der Waals surface area (Å²) in [5.74, 6) is -1.28. The van der Waals surface area contributed by atoms with Crippen LogP contribution in [-0.4, -0.2) is 43.4 Å². The van der Waals surface area contributed by atoms with Crippen LogP contribution in [0, 0.1) is 0 Å². The maximum absolute atomic E-state index is 11.9. The zero-order chi connectivity index (χ0) is 19.2. The Morgan fingerprint density at radius 1 is 1.19 bits per heavy atom. The van der Waals surface area contributed by atoms with Gasteiger partial charge in [0.05, 0.1) is 16.8 Å². The highest BCUT2D eigenvalue weighted by Gasteiger charge is 2.11. The lowest BCUT2D eigenvalue weighted by molar-refractivity contribution is -0.122. The molecular weight excluding hydrogens is 372 g/mol. The molecule has 1 amide bonds. The lowest BCUT2D eigenvalue weighted by Crippen LogP contribution is -2.24. The number of hydrogen-bond donors (Lipinski definition) is 2. The smallest absolute Gasteiger partial charge is 0.336 e. The van der Waals surface area contributed by atoms with Gasteiger partial charge < -0.3 is 5.11 Å². The first-order chi connectivity index (χ1) is 13.0. The molecule has 27 heavy (non-hydrogen) atoms. The Balaban J connectivity index is 1.62. The Kier molecular flexibility index (Phi) is 5.53. The molecule has 136 valence electrons. The second-order valence-corrected chi connectivity index (χ2v) is 5.72. The van der Waals surface area contributed by atoms with Crippen molar-refractivity contribution in [3.05, 3.63) is 64.7 Å². The van der Waals surface area contributed by atoms with Crippen LogP contribution in [0.15, 0.2) is 53.6 Å². The largest absolute Gasteiger partial charge is 0.478 e. The molecule has 0 unspecified atom stereocenters. The number of carboxylic acids is 1. The molecule has 1 heterocycles. The first-order valence-corrected chi connectivity index (χ1v) is 8.09. The summed E-state index contributed by atoms with van der Waals surface area (Å²) in [6.45, 7) is -0.213. The Morgan fingerprint density at radius 3 is 2.70 bits per heavy atom. The Labute approximate surface area is 158 Å². The molecule has 10 heteroatoms. The molecule has 0 saturated carbocycles. The number of amides is 1. The van der Waals surface area contributed by atoms with Crippen molar-refractivity contribution in [2.45, 2.75) is 6.54 Å². The monoisotopic (exact) mass is 384 g/mol. The van der Waals surface area contributed by atoms with Crippen molar-refractivity contribution in [1.82, 2.24) is 25.6 Å². The number of carbonyl (C=O) groups excluding carboxylic acids is 1. The molecular formula is C17H13ClN6O3. The van der Waals surface area contributed by atoms with Crippen LogP contribution in [0.3, 0.4) is 0 Å². The van der Waals surface area contributed by atoms with Gasteiger partial charge in [0.15, 0.2) is 0 Å². The fourth-order valence-electron chi connectivity index (χ4n) is 2.20. The fraction of sp³-hybridized carbons (Fsp3) is 0.0588. The van der Waals surface area contributed by atoms with Crippen molar-refractivity contribution in [3.63, 3.8) is 0 Å². The van der Waals surface area contributed by atoms with E-state index in [1.807, 2.05) is 0 Å². The van der Waals surface area contributed by atoms with E-state index in [0.29, 0.717) is 22.0 Å². The molecule has 2 N–H and O–H groups in total. The Hall–Kier alpha value is -3.59. The number of carbonyl (C=O) groups is 2. The maximum Gasteiger partial charge on any atom is 0.336 e. The van der Waals surface area contributed by atoms with Crippen LogP contribution in [0.5, 0.6) is 0 Å². The van der Waals surface area contributed by atoms with Crippen molar-refractivity contribution in [3.8, 4) is 11.4 Å². The molecule has 2 aromatic carbocycles. The SMILES string of the molecule is O=C(Cn1nnc(-c2ccccc2Cl)n1)N/N=C/c1ccccc1C(=O)O. The number of benzene rings is 2. The van der Waals surface area contributed by atoms with Gasteiger partial charge in [-0.15, -0.1) is 10.2 Å². The van der Waals surface area contributed by atoms with Crippen LogP contribution in [-0.2, 0) is 11.3 Å². The average molecular weight is 385 g/mol. The fourth-order valence-corrected chi connectivity index (χ4v) is 2.42. The quantitative estimate of drug-likeness (QED) is 0.494. The van der Waals surface area contributed by atoms with Gasteiger partial charge in [-0.1, -0.05) is 41.9 Å². The second kappa shape index (κ2) is 8.19. The summed E-state index contributed by atoms with van der Waals surface area (Å²) in [6, 6.07) is 13.3. The molecule has 0 aliphatic carbocycles. The van der Waals surface area contributed by atoms with Crippen LogP contribution in [0.4, 0.5) is 0 Å². The van der Waals surface area contributed by atoms with E-state index in [9.17, 15) is 9.59 Å². The zero-order valence-electron chi connectivity index (χ0n) is 13.8. The van der Waals surface area contributed by atoms with Crippen molar-refractivity contribution < 1.29 is 14.7 Å². The summed E-state index contributed by atoms with van der Waals surface area (Å²) in [5.41, 5.74) is 3.34. The van der Waals surface area contributed by atoms with Gasteiger partial charge in [-0.2, -0.15) is 9.90 Å². The number of hydrazone groups is 1. The van der Waals surface area contributed by atoms with E-state index in [1.54, 1.807) is 42.5 Å². The minimum atomic E-state index is -1.08. The van der Waals surface area contributed by atoms with Crippen LogP contribution in [0.25, 0.3) is 11.4 Å². The third-order valence-electron chi connectivity index (χ3n) is 3.44. The molecule has 3 rings (SSSR count). The van der Waals surface area contributed by atoms with Gasteiger partial charge in [-0.3, -0.25) is 4.79 Å². The van der Waals surface area contributed by atoms with Gasteiger partial charge in [-0.05, 0) is 23.4 Å². The minimum Gasteiger partial charge on any atom is -0.478 e. The van der Waals surface area contributed by atoms with E-state index in [2.05, 4.69) is 25.9 Å². The third kappa shape index (κ3) is 4.53. The van der Waals surface area contributed by atoms with Gasteiger partial charge in [0.2, 0.25) is 5.82 Å². The van der Waals surface area contributed by atoms with E-state index in [0.717, 1.165) is 4.80 Å². The maximum atomic E-state index is 11.9. The van der Waals surface area contributed by atoms with Gasteiger partial charge in [0.25, 0.3) is 5.91 Å². The van der Waals surface area contributed by atoms with Gasteiger partial charge in [-0.25, -0.2) is 10.2 Å². The molecule has 0 atom stereocenters. The highest BCUT2D eigenvalue weighted by molar-refractivity contribution is 6.33. The average Bonchev–Trinajstić information content (AvgIpc) is 3.10. The number of aromatic nitrogens is 4. The number of halogens is 1. The lowest BCUT2D eigenvalue weighted by Gasteiger charge is -2.01. The third-order valence-corrected chi connectivity index (χ3v) is 3.77. The lowest BCUT2D eigenvalue weighted by atomic mass is 10.1. The van der Waals surface area contributed by atoms with E-state index < -0.39 is 11.9 Å². The van der Waals surface area contributed by atoms with Crippen molar-refractivity contribution in [1.29, 1.82) is 0 Å². The van der Waals surface area contributed by atoms with E-state index in [1.165, 1.54) is 12.3 Å². The van der Waals surface area contributed by atoms with Gasteiger partial charge in [0, 0.05) is 11.1 Å². The highest BCUT2D eigenvalue weighted by atomic mass is 35.5. The summed E-state index contributed by atoms with van der Waals surface area (Å²) in [7, 11) is 0. The van der Waals surface area contributed by atoms with Crippen LogP contribution >= 0.6 is 11.6 Å². The molecule has 0 bridgehead atoms. The molecule has 0 fully saturated rings. The normalized spacial score (nSPS) is 10.9. The summed E-state index contributed by atoms with van der Waals surface area (Å²) in [4.78, 5) is 24.2. The Morgan fingerprint density at radius 2 is 1.93 bits per heavy atom. The minimum absolute atomic E-state index is 0.0813. The van der Waals surface area contributed by atoms with Crippen LogP contribution < -0.4 is 5.43 Å². The number of tetrazole rings is 1. The topological polar surface area (TPSA) is 122 Å². The summed E-state index contributed by atoms with van der Waals surface area (Å²) >= 11 is 6.08. The second-order valence-electron chi connectivity index (χ2n) is 5.31. The highest BCUT2D eigenvalue weighted by Crippen LogP contribution is 2.23. The van der Waals surface area contributed by atoms with Crippen molar-refractivity contribution >= 4 is 29.7 Å². The molecule has 0 aliphatic rings. The molecule has 0 radical (unpaired) electrons. The molecule has 0 saturated heterocycles. The summed E-state index contributed by atoms with van der Waals surface area (Å²) in [6.07, 6.45) is 1.26. The first kappa shape index (κ1) is 18.2. The standard InChI is InChI=1S/C17H13ClN6O3/c18-14-8-4-3-7-13(14)16-21-23-24(22-16)10-15(25)20-19-9-11-5-1-2-6-12(11)17(26)27/h1-9H,10H2,(H,20,25)(H,26,27)/b19-9+. The van der Waals surface area contributed by atoms with E-state index in [-0.39, 0.29) is 12.1 Å². The summed E-state index contributed by atoms with van der Waals surface area (Å²) in [5, 5.41) is 25.1. The molecule has 0 aliphatic heterocycles. The number of aromatic carboxylic acids is 1. The van der Waals surface area contributed by atoms with Crippen LogP contribution in [0.2, 0.25) is 5.02 Å². The molecule has 1 aromatic heterocycles. The number of nitrogens with zero attached hydrogens (tertiary/aromatic N) is 5. The Bertz CT molecular complexity index is 1020. The molecule has 0 spiro atoms. The van der Waals surface area contributed by atoms with Crippen LogP contribution in [0.1, 0.15) is 15.9 Å². The van der Waals surface area contributed by atoms with Gasteiger partial charge in [0.1, 0.15) is 6.54 Å². The number of hydrogen-bond acceptors (Lipinski definition) is 6. The zero-order valence-corrected chi connectivity index (χ0v) is 14.5. The number of rotatable bonds is 6. The summed E-state index contributed by atoms with van der Waals surface area (Å²) < 4.78 is 0. The van der Waals surface area contributed by atoms with Crippen molar-refractivity contribution in [2.75, 3.05) is 0 Å². The van der Waals surface area contributed by atoms with E-state index in [4.69, 9.17) is 16.7 Å². The number of nitrogens with one attached hydrogen (secondary N) is 1. The predicted octanol–water partition coefficient (Wildman–Crippen LogP) is 1.84. The number of carboxylic acid groups (broad SMARTS) is 1. The first-order valence-electron chi connectivity index (χ1n) is 7.71. The van der Waals surface area contributed by atoms with Gasteiger partial charge >= 0.3 is 5.97 Å². The molecule has 3 aromatic rings. The molecule has 9 nitrogen and oxygen atoms in total.